The molecule has 1 amide bonds. The fourth-order valence-electron chi connectivity index (χ4n) is 2.70. The van der Waals surface area contributed by atoms with E-state index in [-0.39, 0.29) is 0 Å². The summed E-state index contributed by atoms with van der Waals surface area (Å²) in [5.41, 5.74) is 5.33. The van der Waals surface area contributed by atoms with E-state index in [1.54, 1.807) is 25.8 Å². The minimum atomic E-state index is -0.618. The first-order valence-electron chi connectivity index (χ1n) is 9.19. The largest absolute Gasteiger partial charge is 0.497 e. The summed E-state index contributed by atoms with van der Waals surface area (Å²) in [6.07, 6.45) is 5.55. The number of hydroxylamine groups is 1. The number of nitrogens with one attached hydrogen (secondary N) is 1. The summed E-state index contributed by atoms with van der Waals surface area (Å²) >= 11 is 0. The maximum absolute atomic E-state index is 11.4. The van der Waals surface area contributed by atoms with Crippen molar-refractivity contribution < 1.29 is 24.2 Å². The Balaban J connectivity index is 2.42. The van der Waals surface area contributed by atoms with Crippen molar-refractivity contribution in [2.45, 2.75) is 26.9 Å². The van der Waals surface area contributed by atoms with Gasteiger partial charge in [0.15, 0.2) is 0 Å². The number of allylic oxidation sites excluding steroid dienone is 2. The predicted molar refractivity (Wildman–Crippen MR) is 112 cm³/mol. The zero-order valence-electron chi connectivity index (χ0n) is 17.2. The summed E-state index contributed by atoms with van der Waals surface area (Å²) in [6, 6.07) is 11.3. The van der Waals surface area contributed by atoms with Gasteiger partial charge in [0, 0.05) is 17.2 Å². The van der Waals surface area contributed by atoms with Gasteiger partial charge in [-0.15, -0.1) is 0 Å². The first-order valence-corrected chi connectivity index (χ1v) is 9.19. The molecule has 2 rings (SSSR count). The number of hydrogen-bond donors (Lipinski definition) is 2. The molecule has 2 aromatic rings. The van der Waals surface area contributed by atoms with Gasteiger partial charge in [0.2, 0.25) is 0 Å². The van der Waals surface area contributed by atoms with E-state index in [0.29, 0.717) is 30.1 Å². The average molecular weight is 397 g/mol. The number of benzene rings is 2. The van der Waals surface area contributed by atoms with Crippen LogP contribution in [0.5, 0.6) is 17.2 Å². The molecular weight excluding hydrogens is 370 g/mol. The maximum atomic E-state index is 11.4. The SMILES string of the molecule is COc1ccc(COc2c(/C=C\C(=O)NO)ccc(OC)c2CC=C(C)C)cc1. The third-order valence-electron chi connectivity index (χ3n) is 4.25. The van der Waals surface area contributed by atoms with Gasteiger partial charge in [0.05, 0.1) is 14.2 Å². The Kier molecular flexibility index (Phi) is 8.30. The Bertz CT molecular complexity index is 881. The molecule has 6 heteroatoms. The molecule has 29 heavy (non-hydrogen) atoms. The van der Waals surface area contributed by atoms with E-state index in [2.05, 4.69) is 6.08 Å². The number of hydrogen-bond acceptors (Lipinski definition) is 5. The second-order valence-electron chi connectivity index (χ2n) is 6.60. The Morgan fingerprint density at radius 3 is 2.38 bits per heavy atom. The van der Waals surface area contributed by atoms with Crippen LogP contribution < -0.4 is 19.7 Å². The molecule has 0 aliphatic rings. The van der Waals surface area contributed by atoms with Gasteiger partial charge in [-0.1, -0.05) is 23.8 Å². The first-order chi connectivity index (χ1) is 14.0. The molecule has 0 fully saturated rings. The van der Waals surface area contributed by atoms with Crippen LogP contribution in [0, 0.1) is 0 Å². The molecule has 154 valence electrons. The monoisotopic (exact) mass is 397 g/mol. The number of carbonyl (C=O) groups excluding carboxylic acids is 1. The van der Waals surface area contributed by atoms with Gasteiger partial charge in [-0.05, 0) is 56.2 Å². The second-order valence-corrected chi connectivity index (χ2v) is 6.60. The van der Waals surface area contributed by atoms with E-state index in [1.807, 2.05) is 50.2 Å². The highest BCUT2D eigenvalue weighted by Crippen LogP contribution is 2.35. The first kappa shape index (κ1) is 22.0. The molecule has 2 N–H and O–H groups in total. The van der Waals surface area contributed by atoms with Crippen molar-refractivity contribution in [1.82, 2.24) is 5.48 Å². The van der Waals surface area contributed by atoms with Crippen LogP contribution in [0.2, 0.25) is 0 Å². The molecule has 0 aliphatic carbocycles. The summed E-state index contributed by atoms with van der Waals surface area (Å²) in [6.45, 7) is 4.39. The van der Waals surface area contributed by atoms with Crippen molar-refractivity contribution in [1.29, 1.82) is 0 Å². The van der Waals surface area contributed by atoms with E-state index >= 15 is 0 Å². The number of carbonyl (C=O) groups is 1. The average Bonchev–Trinajstić information content (AvgIpc) is 2.74. The molecule has 0 atom stereocenters. The van der Waals surface area contributed by atoms with Crippen molar-refractivity contribution >= 4 is 12.0 Å². The normalized spacial score (nSPS) is 10.5. The van der Waals surface area contributed by atoms with Crippen molar-refractivity contribution in [3.05, 3.63) is 70.8 Å². The van der Waals surface area contributed by atoms with E-state index < -0.39 is 5.91 Å². The van der Waals surface area contributed by atoms with Crippen molar-refractivity contribution in [2.75, 3.05) is 14.2 Å². The van der Waals surface area contributed by atoms with E-state index in [9.17, 15) is 4.79 Å². The van der Waals surface area contributed by atoms with Crippen molar-refractivity contribution in [3.8, 4) is 17.2 Å². The molecule has 0 aromatic heterocycles. The van der Waals surface area contributed by atoms with Gasteiger partial charge in [0.1, 0.15) is 23.9 Å². The lowest BCUT2D eigenvalue weighted by Gasteiger charge is -2.17. The van der Waals surface area contributed by atoms with E-state index in [0.717, 1.165) is 16.9 Å². The lowest BCUT2D eigenvalue weighted by atomic mass is 10.0. The van der Waals surface area contributed by atoms with Crippen LogP contribution in [-0.2, 0) is 17.8 Å². The van der Waals surface area contributed by atoms with Gasteiger partial charge in [-0.2, -0.15) is 0 Å². The highest BCUT2D eigenvalue weighted by Gasteiger charge is 2.14. The molecule has 0 bridgehead atoms. The van der Waals surface area contributed by atoms with Gasteiger partial charge in [-0.25, -0.2) is 5.48 Å². The minimum Gasteiger partial charge on any atom is -0.497 e. The van der Waals surface area contributed by atoms with Crippen LogP contribution in [0.25, 0.3) is 6.08 Å². The molecular formula is C23H27NO5. The summed E-state index contributed by atoms with van der Waals surface area (Å²) in [5.74, 6) is 1.49. The van der Waals surface area contributed by atoms with Gasteiger partial charge in [0.25, 0.3) is 5.91 Å². The number of ether oxygens (including phenoxy) is 3. The lowest BCUT2D eigenvalue weighted by Crippen LogP contribution is -2.14. The third kappa shape index (κ3) is 6.40. The van der Waals surface area contributed by atoms with Crippen LogP contribution in [0.4, 0.5) is 0 Å². The van der Waals surface area contributed by atoms with Crippen LogP contribution >= 0.6 is 0 Å². The zero-order valence-corrected chi connectivity index (χ0v) is 17.2. The van der Waals surface area contributed by atoms with Crippen molar-refractivity contribution in [2.24, 2.45) is 0 Å². The molecule has 0 aliphatic heterocycles. The molecule has 0 spiro atoms. The van der Waals surface area contributed by atoms with E-state index in [1.165, 1.54) is 11.6 Å². The molecule has 0 heterocycles. The summed E-state index contributed by atoms with van der Waals surface area (Å²) < 4.78 is 16.9. The van der Waals surface area contributed by atoms with Crippen LogP contribution in [0.3, 0.4) is 0 Å². The highest BCUT2D eigenvalue weighted by molar-refractivity contribution is 5.91. The van der Waals surface area contributed by atoms with Gasteiger partial charge >= 0.3 is 0 Å². The smallest absolute Gasteiger partial charge is 0.267 e. The molecule has 2 aromatic carbocycles. The summed E-state index contributed by atoms with van der Waals surface area (Å²) in [7, 11) is 3.24. The van der Waals surface area contributed by atoms with Gasteiger partial charge in [-0.3, -0.25) is 10.0 Å². The molecule has 0 radical (unpaired) electrons. The molecule has 0 saturated heterocycles. The number of rotatable bonds is 9. The van der Waals surface area contributed by atoms with Crippen LogP contribution in [0.15, 0.2) is 54.1 Å². The maximum Gasteiger partial charge on any atom is 0.267 e. The fourth-order valence-corrected chi connectivity index (χ4v) is 2.70. The standard InChI is InChI=1S/C23H27NO5/c1-16(2)5-12-20-21(28-4)13-8-18(9-14-22(25)24-26)23(20)29-15-17-6-10-19(27-3)11-7-17/h5-11,13-14,26H,12,15H2,1-4H3,(H,24,25)/b14-9-. The fraction of sp³-hybridized carbons (Fsp3) is 0.261. The second kappa shape index (κ2) is 10.9. The Morgan fingerprint density at radius 2 is 1.79 bits per heavy atom. The quantitative estimate of drug-likeness (QED) is 0.285. The van der Waals surface area contributed by atoms with Gasteiger partial charge < -0.3 is 14.2 Å². The number of amides is 1. The highest BCUT2D eigenvalue weighted by atomic mass is 16.5. The van der Waals surface area contributed by atoms with Crippen LogP contribution in [0.1, 0.15) is 30.5 Å². The molecule has 0 saturated carbocycles. The Morgan fingerprint density at radius 1 is 1.07 bits per heavy atom. The third-order valence-corrected chi connectivity index (χ3v) is 4.25. The summed E-state index contributed by atoms with van der Waals surface area (Å²) in [4.78, 5) is 11.4. The lowest BCUT2D eigenvalue weighted by molar-refractivity contribution is -0.124. The van der Waals surface area contributed by atoms with Crippen molar-refractivity contribution in [3.63, 3.8) is 0 Å². The zero-order chi connectivity index (χ0) is 21.2. The number of methoxy groups -OCH3 is 2. The minimum absolute atomic E-state index is 0.339. The Labute approximate surface area is 171 Å². The Hall–Kier alpha value is -3.25. The predicted octanol–water partition coefficient (Wildman–Crippen LogP) is 4.31. The topological polar surface area (TPSA) is 77.0 Å². The molecule has 0 unspecified atom stereocenters. The van der Waals surface area contributed by atoms with E-state index in [4.69, 9.17) is 19.4 Å². The summed E-state index contributed by atoms with van der Waals surface area (Å²) in [5, 5.41) is 8.74. The molecule has 6 nitrogen and oxygen atoms in total. The van der Waals surface area contributed by atoms with Crippen LogP contribution in [-0.4, -0.2) is 25.3 Å².